The van der Waals surface area contributed by atoms with Gasteiger partial charge in [0.05, 0.1) is 0 Å². The number of aromatic nitrogens is 2. The molecule has 0 atom stereocenters. The molecule has 4 aromatic rings. The Morgan fingerprint density at radius 1 is 1.06 bits per heavy atom. The zero-order valence-corrected chi connectivity index (χ0v) is 18.0. The van der Waals surface area contributed by atoms with E-state index in [0.717, 1.165) is 10.9 Å². The van der Waals surface area contributed by atoms with Gasteiger partial charge in [0.15, 0.2) is 12.3 Å². The second kappa shape index (κ2) is 9.63. The van der Waals surface area contributed by atoms with Crippen molar-refractivity contribution < 1.29 is 22.7 Å². The number of carbonyl (C=O) groups is 1. The average Bonchev–Trinajstić information content (AvgIpc) is 2.83. The molecular weight excluding hydrogens is 443 g/mol. The maximum Gasteiger partial charge on any atom is 0.422 e. The SMILES string of the molecule is CC#Cc1ccc(-c2ccc(C(=O)Nc3ccc4cccnc4n3)cc2OCC(F)(F)F)cc1. The summed E-state index contributed by atoms with van der Waals surface area (Å²) in [6.07, 6.45) is -2.94. The van der Waals surface area contributed by atoms with Crippen LogP contribution >= 0.6 is 0 Å². The predicted octanol–water partition coefficient (Wildman–Crippen LogP) is 5.86. The fraction of sp³-hybridized carbons (Fsp3) is 0.115. The van der Waals surface area contributed by atoms with Crippen molar-refractivity contribution in [2.75, 3.05) is 11.9 Å². The van der Waals surface area contributed by atoms with Gasteiger partial charge in [-0.25, -0.2) is 9.97 Å². The van der Waals surface area contributed by atoms with Gasteiger partial charge in [-0.15, -0.1) is 5.92 Å². The van der Waals surface area contributed by atoms with Crippen molar-refractivity contribution in [1.29, 1.82) is 0 Å². The lowest BCUT2D eigenvalue weighted by Gasteiger charge is -2.15. The van der Waals surface area contributed by atoms with Crippen molar-refractivity contribution in [3.63, 3.8) is 0 Å². The first-order valence-electron chi connectivity index (χ1n) is 10.2. The van der Waals surface area contributed by atoms with Gasteiger partial charge < -0.3 is 10.1 Å². The number of halogens is 3. The van der Waals surface area contributed by atoms with E-state index in [1.165, 1.54) is 12.1 Å². The first-order valence-corrected chi connectivity index (χ1v) is 10.2. The average molecular weight is 461 g/mol. The van der Waals surface area contributed by atoms with E-state index in [0.29, 0.717) is 16.8 Å². The Bertz CT molecular complexity index is 1400. The molecule has 0 aliphatic heterocycles. The Balaban J connectivity index is 1.63. The minimum Gasteiger partial charge on any atom is -0.483 e. The van der Waals surface area contributed by atoms with Crippen LogP contribution in [-0.4, -0.2) is 28.7 Å². The van der Waals surface area contributed by atoms with Crippen LogP contribution in [0.1, 0.15) is 22.8 Å². The van der Waals surface area contributed by atoms with Crippen LogP contribution in [0.25, 0.3) is 22.2 Å². The number of carbonyl (C=O) groups excluding carboxylic acids is 1. The number of ether oxygens (including phenoxy) is 1. The highest BCUT2D eigenvalue weighted by Crippen LogP contribution is 2.33. The molecular formula is C26H18F3N3O2. The summed E-state index contributed by atoms with van der Waals surface area (Å²) >= 11 is 0. The molecule has 0 saturated carbocycles. The molecule has 0 fully saturated rings. The molecule has 1 amide bonds. The number of rotatable bonds is 5. The van der Waals surface area contributed by atoms with Gasteiger partial charge in [0.2, 0.25) is 0 Å². The van der Waals surface area contributed by atoms with Crippen LogP contribution < -0.4 is 10.1 Å². The number of nitrogens with one attached hydrogen (secondary N) is 1. The van der Waals surface area contributed by atoms with E-state index < -0.39 is 18.7 Å². The molecule has 0 saturated heterocycles. The smallest absolute Gasteiger partial charge is 0.422 e. The van der Waals surface area contributed by atoms with Gasteiger partial charge in [0.1, 0.15) is 11.6 Å². The van der Waals surface area contributed by atoms with Gasteiger partial charge in [0.25, 0.3) is 5.91 Å². The number of fused-ring (bicyclic) bond motifs is 1. The summed E-state index contributed by atoms with van der Waals surface area (Å²) in [6, 6.07) is 18.4. The molecule has 4 rings (SSSR count). The normalized spacial score (nSPS) is 10.9. The standard InChI is InChI=1S/C26H18F3N3O2/c1-2-4-17-6-8-18(9-7-17)21-12-10-20(15-22(21)34-16-26(27,28)29)25(33)32-23-13-11-19-5-3-14-30-24(19)31-23/h3,5-15H,16H2,1H3,(H,30,31,32,33). The fourth-order valence-electron chi connectivity index (χ4n) is 3.27. The van der Waals surface area contributed by atoms with Gasteiger partial charge in [-0.2, -0.15) is 13.2 Å². The number of alkyl halides is 3. The van der Waals surface area contributed by atoms with Crippen molar-refractivity contribution in [2.45, 2.75) is 13.1 Å². The molecule has 0 aliphatic carbocycles. The largest absolute Gasteiger partial charge is 0.483 e. The molecule has 170 valence electrons. The van der Waals surface area contributed by atoms with Crippen LogP contribution in [0.4, 0.5) is 19.0 Å². The zero-order chi connectivity index (χ0) is 24.1. The van der Waals surface area contributed by atoms with E-state index >= 15 is 0 Å². The predicted molar refractivity (Wildman–Crippen MR) is 123 cm³/mol. The van der Waals surface area contributed by atoms with E-state index in [1.54, 1.807) is 61.7 Å². The zero-order valence-electron chi connectivity index (χ0n) is 18.0. The topological polar surface area (TPSA) is 64.1 Å². The summed E-state index contributed by atoms with van der Waals surface area (Å²) < 4.78 is 43.6. The molecule has 0 bridgehead atoms. The highest BCUT2D eigenvalue weighted by molar-refractivity contribution is 6.04. The number of benzene rings is 2. The minimum atomic E-state index is -4.53. The minimum absolute atomic E-state index is 0.0626. The second-order valence-electron chi connectivity index (χ2n) is 7.27. The monoisotopic (exact) mass is 461 g/mol. The molecule has 2 heterocycles. The van der Waals surface area contributed by atoms with Crippen LogP contribution in [-0.2, 0) is 0 Å². The third-order valence-electron chi connectivity index (χ3n) is 4.81. The van der Waals surface area contributed by atoms with Crippen molar-refractivity contribution in [2.24, 2.45) is 0 Å². The molecule has 2 aromatic heterocycles. The number of hydrogen-bond donors (Lipinski definition) is 1. The molecule has 1 N–H and O–H groups in total. The van der Waals surface area contributed by atoms with Gasteiger partial charge in [-0.3, -0.25) is 4.79 Å². The molecule has 0 aliphatic rings. The van der Waals surface area contributed by atoms with Crippen molar-refractivity contribution in [3.05, 3.63) is 84.1 Å². The molecule has 34 heavy (non-hydrogen) atoms. The number of pyridine rings is 2. The number of nitrogens with zero attached hydrogens (tertiary/aromatic N) is 2. The maximum absolute atomic E-state index is 12.9. The van der Waals surface area contributed by atoms with Crippen molar-refractivity contribution in [3.8, 4) is 28.7 Å². The Morgan fingerprint density at radius 3 is 2.59 bits per heavy atom. The molecule has 5 nitrogen and oxygen atoms in total. The Hall–Kier alpha value is -4.38. The molecule has 0 radical (unpaired) electrons. The number of hydrogen-bond acceptors (Lipinski definition) is 4. The molecule has 0 spiro atoms. The van der Waals surface area contributed by atoms with Gasteiger partial charge in [0, 0.05) is 28.3 Å². The lowest BCUT2D eigenvalue weighted by Crippen LogP contribution is -2.20. The van der Waals surface area contributed by atoms with Gasteiger partial charge >= 0.3 is 6.18 Å². The van der Waals surface area contributed by atoms with Crippen LogP contribution in [0, 0.1) is 11.8 Å². The van der Waals surface area contributed by atoms with E-state index in [1.807, 2.05) is 6.07 Å². The lowest BCUT2D eigenvalue weighted by molar-refractivity contribution is -0.153. The number of anilines is 1. The summed E-state index contributed by atoms with van der Waals surface area (Å²) in [6.45, 7) is 0.229. The van der Waals surface area contributed by atoms with Crippen molar-refractivity contribution >= 4 is 22.8 Å². The third-order valence-corrected chi connectivity index (χ3v) is 4.81. The van der Waals surface area contributed by atoms with Gasteiger partial charge in [-0.05, 0) is 67.1 Å². The lowest BCUT2D eigenvalue weighted by atomic mass is 10.0. The van der Waals surface area contributed by atoms with Crippen LogP contribution in [0.5, 0.6) is 5.75 Å². The van der Waals surface area contributed by atoms with E-state index in [2.05, 4.69) is 27.1 Å². The van der Waals surface area contributed by atoms with Gasteiger partial charge in [-0.1, -0.05) is 18.1 Å². The highest BCUT2D eigenvalue weighted by Gasteiger charge is 2.29. The highest BCUT2D eigenvalue weighted by atomic mass is 19.4. The molecule has 2 aromatic carbocycles. The molecule has 0 unspecified atom stereocenters. The molecule has 8 heteroatoms. The summed E-state index contributed by atoms with van der Waals surface area (Å²) in [7, 11) is 0. The number of amides is 1. The Labute approximate surface area is 193 Å². The first kappa shape index (κ1) is 22.8. The maximum atomic E-state index is 12.9. The van der Waals surface area contributed by atoms with Crippen LogP contribution in [0.15, 0.2) is 72.9 Å². The summed E-state index contributed by atoms with van der Waals surface area (Å²) in [4.78, 5) is 21.2. The first-order chi connectivity index (χ1) is 16.3. The van der Waals surface area contributed by atoms with Crippen molar-refractivity contribution in [1.82, 2.24) is 9.97 Å². The van der Waals surface area contributed by atoms with E-state index in [9.17, 15) is 18.0 Å². The van der Waals surface area contributed by atoms with E-state index in [-0.39, 0.29) is 17.1 Å². The quantitative estimate of drug-likeness (QED) is 0.378. The Morgan fingerprint density at radius 2 is 1.85 bits per heavy atom. The van der Waals surface area contributed by atoms with E-state index in [4.69, 9.17) is 4.74 Å². The summed E-state index contributed by atoms with van der Waals surface area (Å²) in [5.41, 5.74) is 2.41. The van der Waals surface area contributed by atoms with Crippen LogP contribution in [0.3, 0.4) is 0 Å². The summed E-state index contributed by atoms with van der Waals surface area (Å²) in [5.74, 6) is 5.36. The second-order valence-corrected chi connectivity index (χ2v) is 7.27. The summed E-state index contributed by atoms with van der Waals surface area (Å²) in [5, 5.41) is 3.46. The van der Waals surface area contributed by atoms with Crippen LogP contribution in [0.2, 0.25) is 0 Å². The third kappa shape index (κ3) is 5.51. The fourth-order valence-corrected chi connectivity index (χ4v) is 3.27. The Kier molecular flexibility index (Phi) is 6.46.